The number of hydrogen-bond acceptors (Lipinski definition) is 2. The van der Waals surface area contributed by atoms with Crippen LogP contribution in [0.3, 0.4) is 0 Å². The van der Waals surface area contributed by atoms with Crippen molar-refractivity contribution >= 4 is 5.97 Å². The Morgan fingerprint density at radius 2 is 2.33 bits per heavy atom. The number of hydrogen-bond donors (Lipinski definition) is 0. The van der Waals surface area contributed by atoms with Crippen molar-refractivity contribution in [3.8, 4) is 0 Å². The molecule has 0 saturated carbocycles. The zero-order valence-corrected chi connectivity index (χ0v) is 4.96. The summed E-state index contributed by atoms with van der Waals surface area (Å²) in [7, 11) is 0. The molecule has 0 aromatic carbocycles. The highest BCUT2D eigenvalue weighted by molar-refractivity contribution is 5.85. The monoisotopic (exact) mass is 123 g/mol. The maximum Gasteiger partial charge on any atom is 0.0674 e. The standard InChI is InChI=1S/C7H8O2/c8-7(9)6-4-2-1-3-5-6/h1-2,5H,3-4H2,(H,8,9)/p-1. The van der Waals surface area contributed by atoms with Crippen molar-refractivity contribution in [1.29, 1.82) is 0 Å². The van der Waals surface area contributed by atoms with Gasteiger partial charge in [-0.3, -0.25) is 0 Å². The third kappa shape index (κ3) is 1.42. The molecule has 0 unspecified atom stereocenters. The van der Waals surface area contributed by atoms with Crippen LogP contribution in [0.4, 0.5) is 0 Å². The first kappa shape index (κ1) is 6.08. The molecule has 0 fully saturated rings. The molecule has 0 radical (unpaired) electrons. The van der Waals surface area contributed by atoms with Crippen molar-refractivity contribution in [1.82, 2.24) is 0 Å². The first-order valence-corrected chi connectivity index (χ1v) is 2.86. The first-order valence-electron chi connectivity index (χ1n) is 2.86. The molecule has 9 heavy (non-hydrogen) atoms. The fourth-order valence-corrected chi connectivity index (χ4v) is 0.767. The zero-order valence-electron chi connectivity index (χ0n) is 4.96. The Morgan fingerprint density at radius 3 is 2.67 bits per heavy atom. The molecule has 2 heteroatoms. The molecule has 0 aliphatic heterocycles. The molecular weight excluding hydrogens is 116 g/mol. The van der Waals surface area contributed by atoms with Crippen molar-refractivity contribution in [2.75, 3.05) is 0 Å². The molecule has 0 amide bonds. The number of carbonyl (C=O) groups is 1. The number of carbonyl (C=O) groups excluding carboxylic acids is 1. The summed E-state index contributed by atoms with van der Waals surface area (Å²) in [5.41, 5.74) is 0.400. The van der Waals surface area contributed by atoms with Gasteiger partial charge in [0.15, 0.2) is 0 Å². The highest BCUT2D eigenvalue weighted by Gasteiger charge is 1.96. The van der Waals surface area contributed by atoms with Crippen LogP contribution in [0.1, 0.15) is 12.8 Å². The van der Waals surface area contributed by atoms with E-state index in [2.05, 4.69) is 0 Å². The van der Waals surface area contributed by atoms with E-state index in [4.69, 9.17) is 0 Å². The molecule has 1 rings (SSSR count). The van der Waals surface area contributed by atoms with Gasteiger partial charge in [0.1, 0.15) is 0 Å². The number of carboxylic acids is 1. The second kappa shape index (κ2) is 2.49. The molecule has 1 aliphatic rings. The summed E-state index contributed by atoms with van der Waals surface area (Å²) in [6.45, 7) is 0. The van der Waals surface area contributed by atoms with Gasteiger partial charge in [-0.1, -0.05) is 18.2 Å². The average molecular weight is 123 g/mol. The molecule has 48 valence electrons. The molecule has 0 bridgehead atoms. The lowest BCUT2D eigenvalue weighted by atomic mass is 10.1. The van der Waals surface area contributed by atoms with Crippen LogP contribution >= 0.6 is 0 Å². The molecule has 0 aromatic rings. The van der Waals surface area contributed by atoms with Gasteiger partial charge in [-0.2, -0.15) is 0 Å². The molecule has 0 saturated heterocycles. The van der Waals surface area contributed by atoms with Crippen LogP contribution < -0.4 is 5.11 Å². The molecule has 0 atom stereocenters. The second-order valence-corrected chi connectivity index (χ2v) is 1.93. The van der Waals surface area contributed by atoms with Gasteiger partial charge < -0.3 is 9.90 Å². The Labute approximate surface area is 53.5 Å². The minimum atomic E-state index is -1.04. The zero-order chi connectivity index (χ0) is 6.69. The lowest BCUT2D eigenvalue weighted by molar-refractivity contribution is -0.299. The van der Waals surface area contributed by atoms with E-state index in [0.717, 1.165) is 6.42 Å². The van der Waals surface area contributed by atoms with E-state index in [1.807, 2.05) is 12.2 Å². The third-order valence-corrected chi connectivity index (χ3v) is 1.27. The van der Waals surface area contributed by atoms with Crippen molar-refractivity contribution in [3.05, 3.63) is 23.8 Å². The van der Waals surface area contributed by atoms with E-state index in [1.54, 1.807) is 6.08 Å². The Morgan fingerprint density at radius 1 is 1.56 bits per heavy atom. The van der Waals surface area contributed by atoms with E-state index in [1.165, 1.54) is 0 Å². The van der Waals surface area contributed by atoms with E-state index in [9.17, 15) is 9.90 Å². The SMILES string of the molecule is O=C([O-])C1=CCC=CC1. The summed E-state index contributed by atoms with van der Waals surface area (Å²) in [6, 6.07) is 0. The molecule has 1 aliphatic carbocycles. The minimum absolute atomic E-state index is 0.400. The lowest BCUT2D eigenvalue weighted by Crippen LogP contribution is -2.24. The van der Waals surface area contributed by atoms with Gasteiger partial charge in [0, 0.05) is 0 Å². The normalized spacial score (nSPS) is 17.1. The van der Waals surface area contributed by atoms with Gasteiger partial charge in [0.2, 0.25) is 0 Å². The molecule has 2 nitrogen and oxygen atoms in total. The summed E-state index contributed by atoms with van der Waals surface area (Å²) in [5.74, 6) is -1.04. The van der Waals surface area contributed by atoms with Gasteiger partial charge in [-0.15, -0.1) is 0 Å². The van der Waals surface area contributed by atoms with E-state index in [0.29, 0.717) is 12.0 Å². The van der Waals surface area contributed by atoms with E-state index >= 15 is 0 Å². The largest absolute Gasteiger partial charge is 0.545 e. The number of allylic oxidation sites excluding steroid dienone is 3. The predicted molar refractivity (Wildman–Crippen MR) is 31.5 cm³/mol. The summed E-state index contributed by atoms with van der Waals surface area (Å²) in [6.07, 6.45) is 6.69. The van der Waals surface area contributed by atoms with Gasteiger partial charge in [0.25, 0.3) is 0 Å². The maximum atomic E-state index is 10.1. The van der Waals surface area contributed by atoms with Crippen LogP contribution in [0.5, 0.6) is 0 Å². The predicted octanol–water partition coefficient (Wildman–Crippen LogP) is 0.0127. The van der Waals surface area contributed by atoms with Crippen molar-refractivity contribution in [2.45, 2.75) is 12.8 Å². The van der Waals surface area contributed by atoms with Crippen LogP contribution in [0, 0.1) is 0 Å². The number of carboxylic acid groups (broad SMARTS) is 1. The Hall–Kier alpha value is -1.05. The third-order valence-electron chi connectivity index (χ3n) is 1.27. The van der Waals surface area contributed by atoms with Crippen molar-refractivity contribution in [3.63, 3.8) is 0 Å². The van der Waals surface area contributed by atoms with Crippen molar-refractivity contribution < 1.29 is 9.90 Å². The highest BCUT2D eigenvalue weighted by atomic mass is 16.4. The lowest BCUT2D eigenvalue weighted by Gasteiger charge is -2.07. The van der Waals surface area contributed by atoms with Crippen LogP contribution in [-0.2, 0) is 4.79 Å². The number of aliphatic carboxylic acids is 1. The quantitative estimate of drug-likeness (QED) is 0.461. The van der Waals surface area contributed by atoms with Gasteiger partial charge >= 0.3 is 0 Å². The van der Waals surface area contributed by atoms with E-state index < -0.39 is 5.97 Å². The number of rotatable bonds is 1. The second-order valence-electron chi connectivity index (χ2n) is 1.93. The Bertz CT molecular complexity index is 177. The Balaban J connectivity index is 2.61. The van der Waals surface area contributed by atoms with Crippen molar-refractivity contribution in [2.24, 2.45) is 0 Å². The fraction of sp³-hybridized carbons (Fsp3) is 0.286. The van der Waals surface area contributed by atoms with Crippen LogP contribution in [-0.4, -0.2) is 5.97 Å². The molecular formula is C7H7O2-. The first-order chi connectivity index (χ1) is 4.30. The summed E-state index contributed by atoms with van der Waals surface area (Å²) < 4.78 is 0. The molecule has 0 spiro atoms. The maximum absolute atomic E-state index is 10.1. The summed E-state index contributed by atoms with van der Waals surface area (Å²) in [4.78, 5) is 10.1. The van der Waals surface area contributed by atoms with Crippen LogP contribution in [0.25, 0.3) is 0 Å². The van der Waals surface area contributed by atoms with Gasteiger partial charge in [-0.05, 0) is 18.4 Å². The van der Waals surface area contributed by atoms with Gasteiger partial charge in [0.05, 0.1) is 5.97 Å². The topological polar surface area (TPSA) is 40.1 Å². The fourth-order valence-electron chi connectivity index (χ4n) is 0.767. The van der Waals surface area contributed by atoms with E-state index in [-0.39, 0.29) is 0 Å². The van der Waals surface area contributed by atoms with Crippen LogP contribution in [0.2, 0.25) is 0 Å². The molecule has 0 N–H and O–H groups in total. The smallest absolute Gasteiger partial charge is 0.0674 e. The van der Waals surface area contributed by atoms with Crippen LogP contribution in [0.15, 0.2) is 23.8 Å². The average Bonchev–Trinajstić information content (AvgIpc) is 1.90. The summed E-state index contributed by atoms with van der Waals surface area (Å²) in [5, 5.41) is 10.1. The Kier molecular flexibility index (Phi) is 1.68. The van der Waals surface area contributed by atoms with Gasteiger partial charge in [-0.25, -0.2) is 0 Å². The minimum Gasteiger partial charge on any atom is -0.545 e. The highest BCUT2D eigenvalue weighted by Crippen LogP contribution is 2.08. The molecule has 0 aromatic heterocycles. The summed E-state index contributed by atoms with van der Waals surface area (Å²) >= 11 is 0. The molecule has 0 heterocycles.